The Hall–Kier alpha value is -1.33. The fraction of sp³-hybridized carbons (Fsp3) is 0.500. The predicted octanol–water partition coefficient (Wildman–Crippen LogP) is 2.58. The predicted molar refractivity (Wildman–Crippen MR) is 79.0 cm³/mol. The standard InChI is InChI=1S/C14H19FN2O2.ClH/c1-9(2)19-11-3-4-13(12(15)7-11)17-14(18)10-5-6-16-8-10;/h3-4,7,9-10,16H,5-6,8H2,1-2H3,(H,17,18);1H. The average molecular weight is 303 g/mol. The van der Waals surface area contributed by atoms with Gasteiger partial charge < -0.3 is 15.4 Å². The van der Waals surface area contributed by atoms with Crippen molar-refractivity contribution in [3.05, 3.63) is 24.0 Å². The second kappa shape index (κ2) is 7.45. The Morgan fingerprint density at radius 3 is 2.80 bits per heavy atom. The van der Waals surface area contributed by atoms with Gasteiger partial charge in [0.05, 0.1) is 17.7 Å². The van der Waals surface area contributed by atoms with E-state index in [9.17, 15) is 9.18 Å². The number of nitrogens with one attached hydrogen (secondary N) is 2. The second-order valence-electron chi connectivity index (χ2n) is 4.99. The number of ether oxygens (including phenoxy) is 1. The molecule has 20 heavy (non-hydrogen) atoms. The van der Waals surface area contributed by atoms with Crippen molar-refractivity contribution < 1.29 is 13.9 Å². The molecule has 1 unspecified atom stereocenters. The Bertz CT molecular complexity index is 462. The van der Waals surface area contributed by atoms with E-state index in [1.54, 1.807) is 6.07 Å². The smallest absolute Gasteiger partial charge is 0.228 e. The van der Waals surface area contributed by atoms with E-state index in [-0.39, 0.29) is 36.0 Å². The molecule has 2 rings (SSSR count). The van der Waals surface area contributed by atoms with E-state index in [4.69, 9.17) is 4.74 Å². The summed E-state index contributed by atoms with van der Waals surface area (Å²) in [7, 11) is 0. The number of halogens is 2. The van der Waals surface area contributed by atoms with Crippen LogP contribution in [0.4, 0.5) is 10.1 Å². The van der Waals surface area contributed by atoms with Gasteiger partial charge in [-0.25, -0.2) is 4.39 Å². The molecular formula is C14H20ClFN2O2. The number of hydrogen-bond donors (Lipinski definition) is 2. The Morgan fingerprint density at radius 2 is 2.25 bits per heavy atom. The maximum Gasteiger partial charge on any atom is 0.228 e. The topological polar surface area (TPSA) is 50.4 Å². The van der Waals surface area contributed by atoms with Gasteiger partial charge in [-0.1, -0.05) is 0 Å². The Morgan fingerprint density at radius 1 is 1.50 bits per heavy atom. The van der Waals surface area contributed by atoms with Crippen molar-refractivity contribution in [2.75, 3.05) is 18.4 Å². The first kappa shape index (κ1) is 16.7. The SMILES string of the molecule is CC(C)Oc1ccc(NC(=O)C2CCNC2)c(F)c1.Cl. The molecule has 4 nitrogen and oxygen atoms in total. The molecule has 1 aliphatic heterocycles. The number of rotatable bonds is 4. The van der Waals surface area contributed by atoms with Crippen LogP contribution < -0.4 is 15.4 Å². The van der Waals surface area contributed by atoms with Crippen LogP contribution in [0, 0.1) is 11.7 Å². The van der Waals surface area contributed by atoms with Gasteiger partial charge in [0.25, 0.3) is 0 Å². The fourth-order valence-electron chi connectivity index (χ4n) is 2.06. The van der Waals surface area contributed by atoms with Crippen LogP contribution in [0.15, 0.2) is 18.2 Å². The first-order valence-electron chi connectivity index (χ1n) is 6.54. The minimum Gasteiger partial charge on any atom is -0.491 e. The lowest BCUT2D eigenvalue weighted by Gasteiger charge is -2.13. The van der Waals surface area contributed by atoms with E-state index in [1.807, 2.05) is 13.8 Å². The third-order valence-electron chi connectivity index (χ3n) is 3.00. The molecule has 1 heterocycles. The number of hydrogen-bond acceptors (Lipinski definition) is 3. The molecule has 112 valence electrons. The van der Waals surface area contributed by atoms with E-state index < -0.39 is 5.82 Å². The molecule has 0 aromatic heterocycles. The largest absolute Gasteiger partial charge is 0.491 e. The van der Waals surface area contributed by atoms with Gasteiger partial charge in [-0.05, 0) is 38.9 Å². The number of carbonyl (C=O) groups is 1. The highest BCUT2D eigenvalue weighted by atomic mass is 35.5. The lowest BCUT2D eigenvalue weighted by atomic mass is 10.1. The Kier molecular flexibility index (Phi) is 6.23. The lowest BCUT2D eigenvalue weighted by Crippen LogP contribution is -2.25. The highest BCUT2D eigenvalue weighted by Gasteiger charge is 2.23. The maximum atomic E-state index is 13.8. The molecule has 1 amide bonds. The third kappa shape index (κ3) is 4.35. The molecule has 1 fully saturated rings. The zero-order chi connectivity index (χ0) is 13.8. The highest BCUT2D eigenvalue weighted by molar-refractivity contribution is 5.93. The fourth-order valence-corrected chi connectivity index (χ4v) is 2.06. The third-order valence-corrected chi connectivity index (χ3v) is 3.00. The summed E-state index contributed by atoms with van der Waals surface area (Å²) in [5.74, 6) is -0.224. The second-order valence-corrected chi connectivity index (χ2v) is 4.99. The van der Waals surface area contributed by atoms with Crippen molar-refractivity contribution in [2.45, 2.75) is 26.4 Å². The van der Waals surface area contributed by atoms with E-state index in [2.05, 4.69) is 10.6 Å². The van der Waals surface area contributed by atoms with Crippen molar-refractivity contribution in [2.24, 2.45) is 5.92 Å². The molecule has 1 aliphatic rings. The average Bonchev–Trinajstić information content (AvgIpc) is 2.85. The number of amides is 1. The normalized spacial score (nSPS) is 17.7. The van der Waals surface area contributed by atoms with Crippen LogP contribution >= 0.6 is 12.4 Å². The lowest BCUT2D eigenvalue weighted by molar-refractivity contribution is -0.119. The summed E-state index contributed by atoms with van der Waals surface area (Å²) in [6.07, 6.45) is 0.784. The molecule has 6 heteroatoms. The molecule has 0 radical (unpaired) electrons. The number of benzene rings is 1. The van der Waals surface area contributed by atoms with Crippen LogP contribution in [0.5, 0.6) is 5.75 Å². The molecule has 0 spiro atoms. The first-order valence-corrected chi connectivity index (χ1v) is 6.54. The summed E-state index contributed by atoms with van der Waals surface area (Å²) in [5, 5.41) is 5.73. The minimum atomic E-state index is -0.475. The molecule has 1 saturated heterocycles. The van der Waals surface area contributed by atoms with E-state index in [0.29, 0.717) is 12.3 Å². The summed E-state index contributed by atoms with van der Waals surface area (Å²) in [6.45, 7) is 5.24. The monoisotopic (exact) mass is 302 g/mol. The molecule has 0 aliphatic carbocycles. The molecule has 1 aromatic rings. The minimum absolute atomic E-state index is 0. The van der Waals surface area contributed by atoms with Crippen LogP contribution in [-0.2, 0) is 4.79 Å². The van der Waals surface area contributed by atoms with E-state index >= 15 is 0 Å². The summed E-state index contributed by atoms with van der Waals surface area (Å²) >= 11 is 0. The van der Waals surface area contributed by atoms with Crippen molar-refractivity contribution in [3.8, 4) is 5.75 Å². The van der Waals surface area contributed by atoms with Gasteiger partial charge in [-0.3, -0.25) is 4.79 Å². The molecule has 1 aromatic carbocycles. The van der Waals surface area contributed by atoms with Crippen molar-refractivity contribution in [1.29, 1.82) is 0 Å². The van der Waals surface area contributed by atoms with Crippen LogP contribution in [0.2, 0.25) is 0 Å². The Labute approximate surface area is 124 Å². The van der Waals surface area contributed by atoms with Gasteiger partial charge in [0.2, 0.25) is 5.91 Å². The quantitative estimate of drug-likeness (QED) is 0.899. The van der Waals surface area contributed by atoms with Gasteiger partial charge in [-0.15, -0.1) is 12.4 Å². The zero-order valence-corrected chi connectivity index (χ0v) is 12.4. The first-order chi connectivity index (χ1) is 9.06. The number of carbonyl (C=O) groups excluding carboxylic acids is 1. The summed E-state index contributed by atoms with van der Waals surface area (Å²) in [4.78, 5) is 11.9. The molecule has 0 saturated carbocycles. The maximum absolute atomic E-state index is 13.8. The van der Waals surface area contributed by atoms with Crippen LogP contribution in [0.25, 0.3) is 0 Å². The molecule has 0 bridgehead atoms. The summed E-state index contributed by atoms with van der Waals surface area (Å²) in [5.41, 5.74) is 0.202. The van der Waals surface area contributed by atoms with Crippen molar-refractivity contribution in [3.63, 3.8) is 0 Å². The van der Waals surface area contributed by atoms with Crippen molar-refractivity contribution in [1.82, 2.24) is 5.32 Å². The zero-order valence-electron chi connectivity index (χ0n) is 11.6. The Balaban J connectivity index is 0.00000200. The highest BCUT2D eigenvalue weighted by Crippen LogP contribution is 2.22. The summed E-state index contributed by atoms with van der Waals surface area (Å²) < 4.78 is 19.2. The van der Waals surface area contributed by atoms with Crippen molar-refractivity contribution >= 4 is 24.0 Å². The van der Waals surface area contributed by atoms with Crippen LogP contribution in [-0.4, -0.2) is 25.1 Å². The van der Waals surface area contributed by atoms with Gasteiger partial charge in [-0.2, -0.15) is 0 Å². The van der Waals surface area contributed by atoms with Crippen LogP contribution in [0.1, 0.15) is 20.3 Å². The van der Waals surface area contributed by atoms with Gasteiger partial charge in [0.15, 0.2) is 0 Å². The van der Waals surface area contributed by atoms with Gasteiger partial charge in [0, 0.05) is 12.6 Å². The molecule has 2 N–H and O–H groups in total. The van der Waals surface area contributed by atoms with E-state index in [0.717, 1.165) is 13.0 Å². The number of anilines is 1. The molecule has 1 atom stereocenters. The van der Waals surface area contributed by atoms with Gasteiger partial charge in [0.1, 0.15) is 11.6 Å². The van der Waals surface area contributed by atoms with Crippen LogP contribution in [0.3, 0.4) is 0 Å². The molecular weight excluding hydrogens is 283 g/mol. The van der Waals surface area contributed by atoms with Gasteiger partial charge >= 0.3 is 0 Å². The van der Waals surface area contributed by atoms with E-state index in [1.165, 1.54) is 12.1 Å². The summed E-state index contributed by atoms with van der Waals surface area (Å²) in [6, 6.07) is 4.49.